The number of carbonyl (C=O) groups excluding carboxylic acids is 1. The van der Waals surface area contributed by atoms with Gasteiger partial charge in [0.2, 0.25) is 15.9 Å². The predicted molar refractivity (Wildman–Crippen MR) is 71.7 cm³/mol. The number of hydrogen-bond acceptors (Lipinski definition) is 3. The van der Waals surface area contributed by atoms with Gasteiger partial charge in [0.15, 0.2) is 0 Å². The van der Waals surface area contributed by atoms with Crippen molar-refractivity contribution in [1.82, 2.24) is 9.62 Å². The molecule has 1 aliphatic rings. The van der Waals surface area contributed by atoms with Crippen LogP contribution in [0.15, 0.2) is 0 Å². The second kappa shape index (κ2) is 7.09. The molecule has 5 nitrogen and oxygen atoms in total. The predicted octanol–water partition coefficient (Wildman–Crippen LogP) is 1.11. The molecule has 0 heterocycles. The van der Waals surface area contributed by atoms with Crippen LogP contribution in [-0.2, 0) is 14.8 Å². The maximum absolute atomic E-state index is 11.7. The van der Waals surface area contributed by atoms with Gasteiger partial charge in [0.05, 0.1) is 6.26 Å². The Morgan fingerprint density at radius 2 is 1.78 bits per heavy atom. The number of carbonyl (C=O) groups is 1. The molecule has 6 heteroatoms. The van der Waals surface area contributed by atoms with Gasteiger partial charge in [-0.2, -0.15) is 0 Å². The molecule has 106 valence electrons. The maximum Gasteiger partial charge on any atom is 0.219 e. The summed E-state index contributed by atoms with van der Waals surface area (Å²) in [6, 6.07) is 0.284. The lowest BCUT2D eigenvalue weighted by Gasteiger charge is -2.30. The number of rotatable bonds is 5. The molecule has 1 saturated carbocycles. The molecule has 0 aromatic carbocycles. The van der Waals surface area contributed by atoms with Gasteiger partial charge in [0.1, 0.15) is 0 Å². The van der Waals surface area contributed by atoms with Crippen molar-refractivity contribution in [2.45, 2.75) is 51.5 Å². The Hall–Kier alpha value is -0.620. The minimum absolute atomic E-state index is 0.0391. The number of hydrogen-bond donors (Lipinski definition) is 1. The van der Waals surface area contributed by atoms with Crippen LogP contribution in [-0.4, -0.2) is 44.6 Å². The third-order valence-corrected chi connectivity index (χ3v) is 4.12. The van der Waals surface area contributed by atoms with Crippen LogP contribution in [0.5, 0.6) is 0 Å². The zero-order chi connectivity index (χ0) is 13.6. The molecule has 0 aromatic rings. The minimum Gasteiger partial charge on any atom is -0.339 e. The Bertz CT molecular complexity index is 360. The van der Waals surface area contributed by atoms with Crippen LogP contribution in [0.25, 0.3) is 0 Å². The van der Waals surface area contributed by atoms with Crippen molar-refractivity contribution < 1.29 is 13.2 Å². The lowest BCUT2D eigenvalue weighted by Crippen LogP contribution is -2.43. The van der Waals surface area contributed by atoms with Crippen molar-refractivity contribution in [3.8, 4) is 0 Å². The van der Waals surface area contributed by atoms with Crippen LogP contribution in [0.4, 0.5) is 0 Å². The summed E-state index contributed by atoms with van der Waals surface area (Å²) in [5.41, 5.74) is 0. The van der Waals surface area contributed by atoms with Crippen LogP contribution >= 0.6 is 0 Å². The summed E-state index contributed by atoms with van der Waals surface area (Å²) in [6.45, 7) is 2.33. The van der Waals surface area contributed by atoms with E-state index in [1.165, 1.54) is 12.8 Å². The molecule has 1 amide bonds. The first kappa shape index (κ1) is 15.4. The molecule has 0 spiro atoms. The number of nitrogens with one attached hydrogen (secondary N) is 1. The van der Waals surface area contributed by atoms with Gasteiger partial charge in [-0.25, -0.2) is 13.1 Å². The molecule has 0 unspecified atom stereocenters. The minimum atomic E-state index is -3.17. The van der Waals surface area contributed by atoms with E-state index < -0.39 is 10.0 Å². The fourth-order valence-corrected chi connectivity index (χ4v) is 2.98. The third kappa shape index (κ3) is 5.82. The van der Waals surface area contributed by atoms with Crippen molar-refractivity contribution in [1.29, 1.82) is 0 Å². The van der Waals surface area contributed by atoms with Crippen molar-refractivity contribution >= 4 is 15.9 Å². The molecule has 0 radical (unpaired) electrons. The summed E-state index contributed by atoms with van der Waals surface area (Å²) in [5.74, 6) is 0.0391. The lowest BCUT2D eigenvalue weighted by molar-refractivity contribution is -0.131. The van der Waals surface area contributed by atoms with Gasteiger partial charge in [0, 0.05) is 26.1 Å². The summed E-state index contributed by atoms with van der Waals surface area (Å²) in [5, 5.41) is 0. The van der Waals surface area contributed by atoms with Crippen LogP contribution in [0.2, 0.25) is 0 Å². The van der Waals surface area contributed by atoms with Gasteiger partial charge in [0.25, 0.3) is 0 Å². The van der Waals surface area contributed by atoms with Crippen LogP contribution in [0.1, 0.15) is 45.4 Å². The second-order valence-electron chi connectivity index (χ2n) is 5.02. The number of sulfonamides is 1. The van der Waals surface area contributed by atoms with E-state index in [9.17, 15) is 13.2 Å². The monoisotopic (exact) mass is 276 g/mol. The van der Waals surface area contributed by atoms with Crippen LogP contribution < -0.4 is 4.72 Å². The molecule has 1 N–H and O–H groups in total. The van der Waals surface area contributed by atoms with E-state index in [0.717, 1.165) is 31.9 Å². The average Bonchev–Trinajstić information content (AvgIpc) is 2.50. The molecule has 1 fully saturated rings. The number of amides is 1. The highest BCUT2D eigenvalue weighted by Gasteiger charge is 2.21. The van der Waals surface area contributed by atoms with E-state index in [2.05, 4.69) is 4.72 Å². The van der Waals surface area contributed by atoms with E-state index in [0.29, 0.717) is 13.1 Å². The first-order valence-corrected chi connectivity index (χ1v) is 8.51. The van der Waals surface area contributed by atoms with Crippen LogP contribution in [0, 0.1) is 0 Å². The summed E-state index contributed by atoms with van der Waals surface area (Å²) in [6.07, 6.45) is 8.02. The Labute approximate surface area is 110 Å². The van der Waals surface area contributed by atoms with Crippen molar-refractivity contribution in [2.75, 3.05) is 19.3 Å². The fraction of sp³-hybridized carbons (Fsp3) is 0.917. The van der Waals surface area contributed by atoms with Gasteiger partial charge in [-0.15, -0.1) is 0 Å². The Balaban J connectivity index is 2.50. The Kier molecular flexibility index (Phi) is 6.08. The molecule has 0 aliphatic heterocycles. The summed E-state index contributed by atoms with van der Waals surface area (Å²) < 4.78 is 24.4. The first-order chi connectivity index (χ1) is 8.40. The van der Waals surface area contributed by atoms with Gasteiger partial charge in [-0.3, -0.25) is 4.79 Å². The van der Waals surface area contributed by atoms with Crippen molar-refractivity contribution in [3.05, 3.63) is 0 Å². The normalized spacial score (nSPS) is 18.3. The zero-order valence-corrected chi connectivity index (χ0v) is 12.1. The molecule has 0 bridgehead atoms. The molecule has 0 saturated heterocycles. The molecule has 0 atom stereocenters. The SMILES string of the molecule is CC(=O)N(CCNS(C)(=O)=O)C1CCCCCC1. The van der Waals surface area contributed by atoms with Gasteiger partial charge in [-0.05, 0) is 12.8 Å². The molecule has 1 aliphatic carbocycles. The molecule has 18 heavy (non-hydrogen) atoms. The highest BCUT2D eigenvalue weighted by atomic mass is 32.2. The first-order valence-electron chi connectivity index (χ1n) is 6.62. The molecule has 0 aromatic heterocycles. The largest absolute Gasteiger partial charge is 0.339 e. The molecule has 1 rings (SSSR count). The topological polar surface area (TPSA) is 66.5 Å². The highest BCUT2D eigenvalue weighted by Crippen LogP contribution is 2.21. The maximum atomic E-state index is 11.7. The average molecular weight is 276 g/mol. The van der Waals surface area contributed by atoms with Gasteiger partial charge >= 0.3 is 0 Å². The lowest BCUT2D eigenvalue weighted by atomic mass is 10.1. The second-order valence-corrected chi connectivity index (χ2v) is 6.86. The van der Waals surface area contributed by atoms with Gasteiger partial charge in [-0.1, -0.05) is 25.7 Å². The third-order valence-electron chi connectivity index (χ3n) is 3.39. The van der Waals surface area contributed by atoms with E-state index in [4.69, 9.17) is 0 Å². The number of nitrogens with zero attached hydrogens (tertiary/aromatic N) is 1. The van der Waals surface area contributed by atoms with E-state index in [-0.39, 0.29) is 11.9 Å². The standard InChI is InChI=1S/C12H24N2O3S/c1-11(15)14(10-9-13-18(2,16)17)12-7-5-3-4-6-8-12/h12-13H,3-10H2,1-2H3. The summed E-state index contributed by atoms with van der Waals surface area (Å²) in [4.78, 5) is 13.5. The quantitative estimate of drug-likeness (QED) is 0.765. The molecular formula is C12H24N2O3S. The van der Waals surface area contributed by atoms with Crippen molar-refractivity contribution in [2.24, 2.45) is 0 Å². The van der Waals surface area contributed by atoms with E-state index in [1.54, 1.807) is 6.92 Å². The van der Waals surface area contributed by atoms with Crippen LogP contribution in [0.3, 0.4) is 0 Å². The van der Waals surface area contributed by atoms with E-state index >= 15 is 0 Å². The zero-order valence-electron chi connectivity index (χ0n) is 11.3. The summed E-state index contributed by atoms with van der Waals surface area (Å²) in [7, 11) is -3.17. The molecular weight excluding hydrogens is 252 g/mol. The van der Waals surface area contributed by atoms with E-state index in [1.807, 2.05) is 4.90 Å². The fourth-order valence-electron chi connectivity index (χ4n) is 2.52. The smallest absolute Gasteiger partial charge is 0.219 e. The Morgan fingerprint density at radius 3 is 2.22 bits per heavy atom. The Morgan fingerprint density at radius 1 is 1.22 bits per heavy atom. The highest BCUT2D eigenvalue weighted by molar-refractivity contribution is 7.88. The summed E-state index contributed by atoms with van der Waals surface area (Å²) >= 11 is 0. The van der Waals surface area contributed by atoms with Gasteiger partial charge < -0.3 is 4.90 Å². The van der Waals surface area contributed by atoms with Crippen molar-refractivity contribution in [3.63, 3.8) is 0 Å².